The second kappa shape index (κ2) is 4.26. The van der Waals surface area contributed by atoms with Gasteiger partial charge in [-0.05, 0) is 18.8 Å². The van der Waals surface area contributed by atoms with Crippen molar-refractivity contribution in [1.29, 1.82) is 0 Å². The summed E-state index contributed by atoms with van der Waals surface area (Å²) in [6.07, 6.45) is 6.00. The Bertz CT molecular complexity index is 215. The molecule has 0 aliphatic heterocycles. The minimum atomic E-state index is -2.70. The fourth-order valence-electron chi connectivity index (χ4n) is 1.52. The molecule has 1 saturated carbocycles. The molecule has 0 bridgehead atoms. The molecule has 0 heterocycles. The Balaban J connectivity index is 2.08. The second-order valence-corrected chi connectivity index (χ2v) is 6.15. The molecule has 0 aromatic carbocycles. The summed E-state index contributed by atoms with van der Waals surface area (Å²) in [4.78, 5) is 0. The summed E-state index contributed by atoms with van der Waals surface area (Å²) < 4.78 is 22.2. The van der Waals surface area contributed by atoms with Crippen molar-refractivity contribution < 1.29 is 8.42 Å². The highest BCUT2D eigenvalue weighted by Crippen LogP contribution is 2.30. The van der Waals surface area contributed by atoms with Gasteiger partial charge in [-0.3, -0.25) is 0 Å². The summed E-state index contributed by atoms with van der Waals surface area (Å²) in [5, 5.41) is 0. The van der Waals surface area contributed by atoms with Crippen molar-refractivity contribution in [2.75, 3.05) is 11.5 Å². The lowest BCUT2D eigenvalue weighted by molar-refractivity contribution is 0.294. The van der Waals surface area contributed by atoms with Gasteiger partial charge in [0.25, 0.3) is 0 Å². The standard InChI is InChI=1S/C9H18O2S/c1-2-12(10,11)8-4-7-9-5-3-6-9/h9H,2-8H2,1H3. The van der Waals surface area contributed by atoms with Crippen LogP contribution in [0, 0.1) is 5.92 Å². The molecular formula is C9H18O2S. The summed E-state index contributed by atoms with van der Waals surface area (Å²) in [6, 6.07) is 0. The van der Waals surface area contributed by atoms with Crippen LogP contribution in [0.3, 0.4) is 0 Å². The van der Waals surface area contributed by atoms with Crippen LogP contribution in [0.4, 0.5) is 0 Å². The van der Waals surface area contributed by atoms with Gasteiger partial charge in [-0.2, -0.15) is 0 Å². The Kier molecular flexibility index (Phi) is 3.56. The Morgan fingerprint density at radius 2 is 2.00 bits per heavy atom. The minimum absolute atomic E-state index is 0.303. The zero-order chi connectivity index (χ0) is 9.03. The van der Waals surface area contributed by atoms with Gasteiger partial charge < -0.3 is 0 Å². The molecule has 1 rings (SSSR count). The number of hydrogen-bond donors (Lipinski definition) is 0. The van der Waals surface area contributed by atoms with E-state index in [1.54, 1.807) is 6.92 Å². The molecule has 0 N–H and O–H groups in total. The third-order valence-electron chi connectivity index (χ3n) is 2.73. The van der Waals surface area contributed by atoms with Crippen molar-refractivity contribution in [2.24, 2.45) is 5.92 Å². The lowest BCUT2D eigenvalue weighted by atomic mass is 9.82. The largest absolute Gasteiger partial charge is 0.229 e. The highest BCUT2D eigenvalue weighted by molar-refractivity contribution is 7.91. The first-order chi connectivity index (χ1) is 5.64. The minimum Gasteiger partial charge on any atom is -0.229 e. The summed E-state index contributed by atoms with van der Waals surface area (Å²) in [5.41, 5.74) is 0. The van der Waals surface area contributed by atoms with Gasteiger partial charge in [0.15, 0.2) is 0 Å². The van der Waals surface area contributed by atoms with E-state index in [9.17, 15) is 8.42 Å². The molecular weight excluding hydrogens is 172 g/mol. The van der Waals surface area contributed by atoms with Crippen LogP contribution in [0.25, 0.3) is 0 Å². The molecule has 2 nitrogen and oxygen atoms in total. The average molecular weight is 190 g/mol. The molecule has 1 aliphatic rings. The lowest BCUT2D eigenvalue weighted by Gasteiger charge is -2.24. The SMILES string of the molecule is CCS(=O)(=O)CCCC1CCC1. The van der Waals surface area contributed by atoms with E-state index in [1.807, 2.05) is 0 Å². The van der Waals surface area contributed by atoms with Crippen LogP contribution in [-0.4, -0.2) is 19.9 Å². The lowest BCUT2D eigenvalue weighted by Crippen LogP contribution is -2.14. The first-order valence-corrected chi connectivity index (χ1v) is 6.66. The van der Waals surface area contributed by atoms with E-state index in [1.165, 1.54) is 19.3 Å². The first-order valence-electron chi connectivity index (χ1n) is 4.84. The van der Waals surface area contributed by atoms with Crippen LogP contribution >= 0.6 is 0 Å². The van der Waals surface area contributed by atoms with Crippen molar-refractivity contribution in [2.45, 2.75) is 39.0 Å². The van der Waals surface area contributed by atoms with Crippen molar-refractivity contribution in [3.63, 3.8) is 0 Å². The van der Waals surface area contributed by atoms with E-state index < -0.39 is 9.84 Å². The smallest absolute Gasteiger partial charge is 0.150 e. The van der Waals surface area contributed by atoms with E-state index in [0.717, 1.165) is 18.8 Å². The van der Waals surface area contributed by atoms with E-state index in [4.69, 9.17) is 0 Å². The molecule has 0 spiro atoms. The van der Waals surface area contributed by atoms with Crippen LogP contribution in [0.15, 0.2) is 0 Å². The highest BCUT2D eigenvalue weighted by atomic mass is 32.2. The summed E-state index contributed by atoms with van der Waals surface area (Å²) in [7, 11) is -2.70. The Labute approximate surface area is 75.3 Å². The maximum atomic E-state index is 11.1. The number of rotatable bonds is 5. The Hall–Kier alpha value is -0.0500. The molecule has 3 heteroatoms. The van der Waals surface area contributed by atoms with Crippen LogP contribution in [0.2, 0.25) is 0 Å². The third kappa shape index (κ3) is 3.13. The maximum Gasteiger partial charge on any atom is 0.150 e. The van der Waals surface area contributed by atoms with E-state index in [0.29, 0.717) is 11.5 Å². The fraction of sp³-hybridized carbons (Fsp3) is 1.00. The average Bonchev–Trinajstić information content (AvgIpc) is 1.95. The van der Waals surface area contributed by atoms with Crippen molar-refractivity contribution in [3.05, 3.63) is 0 Å². The van der Waals surface area contributed by atoms with Crippen LogP contribution in [0.5, 0.6) is 0 Å². The summed E-state index contributed by atoms with van der Waals surface area (Å²) >= 11 is 0. The van der Waals surface area contributed by atoms with Gasteiger partial charge >= 0.3 is 0 Å². The van der Waals surface area contributed by atoms with Gasteiger partial charge in [-0.1, -0.05) is 26.2 Å². The number of hydrogen-bond acceptors (Lipinski definition) is 2. The van der Waals surface area contributed by atoms with Crippen LogP contribution < -0.4 is 0 Å². The van der Waals surface area contributed by atoms with Gasteiger partial charge in [-0.15, -0.1) is 0 Å². The van der Waals surface area contributed by atoms with Gasteiger partial charge in [0.05, 0.1) is 5.75 Å². The third-order valence-corrected chi connectivity index (χ3v) is 4.52. The summed E-state index contributed by atoms with van der Waals surface area (Å²) in [5.74, 6) is 1.55. The molecule has 72 valence electrons. The molecule has 0 saturated heterocycles. The molecule has 0 amide bonds. The second-order valence-electron chi connectivity index (χ2n) is 3.68. The monoisotopic (exact) mass is 190 g/mol. The van der Waals surface area contributed by atoms with Crippen molar-refractivity contribution in [1.82, 2.24) is 0 Å². The molecule has 0 aromatic rings. The molecule has 0 aromatic heterocycles. The molecule has 0 radical (unpaired) electrons. The van der Waals surface area contributed by atoms with Crippen molar-refractivity contribution in [3.8, 4) is 0 Å². The predicted molar refractivity (Wildman–Crippen MR) is 50.9 cm³/mol. The van der Waals surface area contributed by atoms with Gasteiger partial charge in [0, 0.05) is 5.75 Å². The van der Waals surface area contributed by atoms with E-state index >= 15 is 0 Å². The van der Waals surface area contributed by atoms with Crippen LogP contribution in [-0.2, 0) is 9.84 Å². The van der Waals surface area contributed by atoms with E-state index in [-0.39, 0.29) is 0 Å². The highest BCUT2D eigenvalue weighted by Gasteiger charge is 2.17. The Morgan fingerprint density at radius 3 is 2.42 bits per heavy atom. The normalized spacial score (nSPS) is 19.1. The first kappa shape index (κ1) is 10.0. The van der Waals surface area contributed by atoms with Gasteiger partial charge in [0.1, 0.15) is 9.84 Å². The zero-order valence-corrected chi connectivity index (χ0v) is 8.57. The molecule has 12 heavy (non-hydrogen) atoms. The van der Waals surface area contributed by atoms with Gasteiger partial charge in [-0.25, -0.2) is 8.42 Å². The van der Waals surface area contributed by atoms with Crippen LogP contribution in [0.1, 0.15) is 39.0 Å². The Morgan fingerprint density at radius 1 is 1.33 bits per heavy atom. The molecule has 0 unspecified atom stereocenters. The molecule has 1 fully saturated rings. The topological polar surface area (TPSA) is 34.1 Å². The quantitative estimate of drug-likeness (QED) is 0.664. The number of sulfone groups is 1. The fourth-order valence-corrected chi connectivity index (χ4v) is 2.41. The maximum absolute atomic E-state index is 11.1. The zero-order valence-electron chi connectivity index (χ0n) is 7.75. The van der Waals surface area contributed by atoms with E-state index in [2.05, 4.69) is 0 Å². The molecule has 1 aliphatic carbocycles. The summed E-state index contributed by atoms with van der Waals surface area (Å²) in [6.45, 7) is 1.72. The van der Waals surface area contributed by atoms with Crippen molar-refractivity contribution >= 4 is 9.84 Å². The predicted octanol–water partition coefficient (Wildman–Crippen LogP) is 2.00. The molecule has 0 atom stereocenters. The van der Waals surface area contributed by atoms with Gasteiger partial charge in [0.2, 0.25) is 0 Å².